The largest absolute Gasteiger partial charge is 0.319 e. The van der Waals surface area contributed by atoms with Gasteiger partial charge in [-0.05, 0) is 46.6 Å². The molecule has 5 heteroatoms. The second kappa shape index (κ2) is 5.05. The van der Waals surface area contributed by atoms with E-state index in [1.54, 1.807) is 30.7 Å². The fourth-order valence-corrected chi connectivity index (χ4v) is 1.80. The van der Waals surface area contributed by atoms with Gasteiger partial charge in [0, 0.05) is 16.9 Å². The standard InChI is InChI=1S/C12H10BrN3O/c1-8-5-9(7-14-6-8)16-12(17)11-10(13)3-2-4-15-11/h2-7H,1H3,(H,16,17). The van der Waals surface area contributed by atoms with Crippen LogP contribution in [0.2, 0.25) is 0 Å². The van der Waals surface area contributed by atoms with E-state index in [4.69, 9.17) is 0 Å². The van der Waals surface area contributed by atoms with Crippen LogP contribution in [0.3, 0.4) is 0 Å². The summed E-state index contributed by atoms with van der Waals surface area (Å²) >= 11 is 3.29. The molecule has 17 heavy (non-hydrogen) atoms. The SMILES string of the molecule is Cc1cncc(NC(=O)c2ncccc2Br)c1. The first-order valence-corrected chi connectivity index (χ1v) is 5.79. The number of aryl methyl sites for hydroxylation is 1. The number of anilines is 1. The molecule has 1 amide bonds. The van der Waals surface area contributed by atoms with E-state index in [2.05, 4.69) is 31.2 Å². The van der Waals surface area contributed by atoms with Gasteiger partial charge in [-0.25, -0.2) is 4.98 Å². The number of pyridine rings is 2. The molecule has 0 aliphatic heterocycles. The quantitative estimate of drug-likeness (QED) is 0.926. The third-order valence-electron chi connectivity index (χ3n) is 2.11. The van der Waals surface area contributed by atoms with E-state index >= 15 is 0 Å². The monoisotopic (exact) mass is 291 g/mol. The van der Waals surface area contributed by atoms with Gasteiger partial charge < -0.3 is 5.32 Å². The lowest BCUT2D eigenvalue weighted by molar-refractivity contribution is 0.102. The zero-order valence-electron chi connectivity index (χ0n) is 9.14. The number of rotatable bonds is 2. The molecule has 2 aromatic heterocycles. The first kappa shape index (κ1) is 11.7. The van der Waals surface area contributed by atoms with E-state index in [0.29, 0.717) is 15.9 Å². The lowest BCUT2D eigenvalue weighted by Crippen LogP contribution is -2.14. The van der Waals surface area contributed by atoms with Crippen LogP contribution in [0, 0.1) is 6.92 Å². The summed E-state index contributed by atoms with van der Waals surface area (Å²) in [6.07, 6.45) is 4.91. The van der Waals surface area contributed by atoms with Crippen LogP contribution >= 0.6 is 15.9 Å². The van der Waals surface area contributed by atoms with E-state index in [-0.39, 0.29) is 5.91 Å². The van der Waals surface area contributed by atoms with Crippen LogP contribution in [0.15, 0.2) is 41.3 Å². The van der Waals surface area contributed by atoms with E-state index in [1.165, 1.54) is 0 Å². The molecule has 1 N–H and O–H groups in total. The van der Waals surface area contributed by atoms with Gasteiger partial charge in [-0.2, -0.15) is 0 Å². The van der Waals surface area contributed by atoms with Crippen molar-refractivity contribution in [2.75, 3.05) is 5.32 Å². The highest BCUT2D eigenvalue weighted by atomic mass is 79.9. The lowest BCUT2D eigenvalue weighted by Gasteiger charge is -2.05. The molecule has 2 rings (SSSR count). The van der Waals surface area contributed by atoms with E-state index in [9.17, 15) is 4.79 Å². The molecule has 86 valence electrons. The Morgan fingerprint density at radius 2 is 2.24 bits per heavy atom. The molecule has 0 aliphatic rings. The summed E-state index contributed by atoms with van der Waals surface area (Å²) in [5, 5.41) is 2.75. The Morgan fingerprint density at radius 1 is 1.41 bits per heavy atom. The van der Waals surface area contributed by atoms with E-state index in [0.717, 1.165) is 5.56 Å². The van der Waals surface area contributed by atoms with Crippen molar-refractivity contribution in [3.63, 3.8) is 0 Å². The normalized spacial score (nSPS) is 10.0. The Hall–Kier alpha value is -1.75. The van der Waals surface area contributed by atoms with Gasteiger partial charge in [0.15, 0.2) is 0 Å². The predicted octanol–water partition coefficient (Wildman–Crippen LogP) is 2.80. The number of carbonyl (C=O) groups excluding carboxylic acids is 1. The molecular weight excluding hydrogens is 282 g/mol. The third kappa shape index (κ3) is 2.88. The highest BCUT2D eigenvalue weighted by Gasteiger charge is 2.11. The first-order chi connectivity index (χ1) is 8.16. The molecule has 0 atom stereocenters. The van der Waals surface area contributed by atoms with Gasteiger partial charge >= 0.3 is 0 Å². The zero-order valence-corrected chi connectivity index (χ0v) is 10.7. The molecule has 0 saturated carbocycles. The number of carbonyl (C=O) groups is 1. The van der Waals surface area contributed by atoms with Crippen molar-refractivity contribution < 1.29 is 4.79 Å². The molecule has 0 bridgehead atoms. The van der Waals surface area contributed by atoms with Gasteiger partial charge in [-0.1, -0.05) is 0 Å². The number of hydrogen-bond donors (Lipinski definition) is 1. The van der Waals surface area contributed by atoms with Crippen molar-refractivity contribution in [3.05, 3.63) is 52.5 Å². The maximum absolute atomic E-state index is 11.9. The number of nitrogens with one attached hydrogen (secondary N) is 1. The van der Waals surface area contributed by atoms with Gasteiger partial charge in [-0.3, -0.25) is 9.78 Å². The molecule has 0 unspecified atom stereocenters. The van der Waals surface area contributed by atoms with Gasteiger partial charge in [0.05, 0.1) is 11.9 Å². The number of nitrogens with zero attached hydrogens (tertiary/aromatic N) is 2. The third-order valence-corrected chi connectivity index (χ3v) is 2.75. The summed E-state index contributed by atoms with van der Waals surface area (Å²) in [5.41, 5.74) is 2.00. The highest BCUT2D eigenvalue weighted by molar-refractivity contribution is 9.10. The number of aromatic nitrogens is 2. The zero-order chi connectivity index (χ0) is 12.3. The lowest BCUT2D eigenvalue weighted by atomic mass is 10.3. The van der Waals surface area contributed by atoms with Crippen molar-refractivity contribution in [2.45, 2.75) is 6.92 Å². The Labute approximate surface area is 107 Å². The van der Waals surface area contributed by atoms with Gasteiger partial charge in [0.1, 0.15) is 5.69 Å². The minimum Gasteiger partial charge on any atom is -0.319 e. The van der Waals surface area contributed by atoms with Crippen molar-refractivity contribution in [3.8, 4) is 0 Å². The summed E-state index contributed by atoms with van der Waals surface area (Å²) in [5.74, 6) is -0.259. The highest BCUT2D eigenvalue weighted by Crippen LogP contribution is 2.15. The average Bonchev–Trinajstić information content (AvgIpc) is 2.29. The molecule has 0 aromatic carbocycles. The first-order valence-electron chi connectivity index (χ1n) is 5.00. The Morgan fingerprint density at radius 3 is 2.94 bits per heavy atom. The minimum absolute atomic E-state index is 0.259. The molecule has 4 nitrogen and oxygen atoms in total. The van der Waals surface area contributed by atoms with Crippen LogP contribution in [0.25, 0.3) is 0 Å². The summed E-state index contributed by atoms with van der Waals surface area (Å²) in [4.78, 5) is 19.9. The summed E-state index contributed by atoms with van der Waals surface area (Å²) in [7, 11) is 0. The predicted molar refractivity (Wildman–Crippen MR) is 68.9 cm³/mol. The van der Waals surface area contributed by atoms with Gasteiger partial charge in [0.2, 0.25) is 0 Å². The fourth-order valence-electron chi connectivity index (χ4n) is 1.37. The van der Waals surface area contributed by atoms with Crippen molar-refractivity contribution in [1.29, 1.82) is 0 Å². The summed E-state index contributed by atoms with van der Waals surface area (Å²) in [6.45, 7) is 1.92. The molecule has 2 aromatic rings. The van der Waals surface area contributed by atoms with Crippen LogP contribution in [0.4, 0.5) is 5.69 Å². The molecule has 0 saturated heterocycles. The molecule has 0 spiro atoms. The molecule has 0 aliphatic carbocycles. The Kier molecular flexibility index (Phi) is 3.49. The van der Waals surface area contributed by atoms with Gasteiger partial charge in [0.25, 0.3) is 5.91 Å². The van der Waals surface area contributed by atoms with Crippen LogP contribution in [0.1, 0.15) is 16.1 Å². The van der Waals surface area contributed by atoms with Crippen molar-refractivity contribution in [1.82, 2.24) is 9.97 Å². The molecule has 0 radical (unpaired) electrons. The Bertz CT molecular complexity index is 557. The smallest absolute Gasteiger partial charge is 0.275 e. The molecule has 2 heterocycles. The second-order valence-corrected chi connectivity index (χ2v) is 4.39. The van der Waals surface area contributed by atoms with E-state index < -0.39 is 0 Å². The second-order valence-electron chi connectivity index (χ2n) is 3.54. The minimum atomic E-state index is -0.259. The van der Waals surface area contributed by atoms with E-state index in [1.807, 2.05) is 13.0 Å². The van der Waals surface area contributed by atoms with Crippen molar-refractivity contribution in [2.24, 2.45) is 0 Å². The maximum atomic E-state index is 11.9. The average molecular weight is 292 g/mol. The molecular formula is C12H10BrN3O. The van der Waals surface area contributed by atoms with Crippen LogP contribution in [-0.4, -0.2) is 15.9 Å². The number of hydrogen-bond acceptors (Lipinski definition) is 3. The fraction of sp³-hybridized carbons (Fsp3) is 0.0833. The Balaban J connectivity index is 2.20. The topological polar surface area (TPSA) is 54.9 Å². The van der Waals surface area contributed by atoms with Gasteiger partial charge in [-0.15, -0.1) is 0 Å². The van der Waals surface area contributed by atoms with Crippen LogP contribution in [-0.2, 0) is 0 Å². The molecule has 0 fully saturated rings. The van der Waals surface area contributed by atoms with Crippen LogP contribution in [0.5, 0.6) is 0 Å². The summed E-state index contributed by atoms with van der Waals surface area (Å²) in [6, 6.07) is 5.38. The van der Waals surface area contributed by atoms with Crippen molar-refractivity contribution >= 4 is 27.5 Å². The summed E-state index contributed by atoms with van der Waals surface area (Å²) < 4.78 is 0.665. The maximum Gasteiger partial charge on any atom is 0.275 e. The van der Waals surface area contributed by atoms with Crippen LogP contribution < -0.4 is 5.32 Å². The number of halogens is 1. The number of amides is 1.